The van der Waals surface area contributed by atoms with E-state index in [2.05, 4.69) is 20.2 Å². The summed E-state index contributed by atoms with van der Waals surface area (Å²) in [5.41, 5.74) is 2.67. The molecular formula is C25H27N5O4. The van der Waals surface area contributed by atoms with Gasteiger partial charge in [-0.3, -0.25) is 24.6 Å². The van der Waals surface area contributed by atoms with Crippen molar-refractivity contribution >= 4 is 17.7 Å². The fourth-order valence-corrected chi connectivity index (χ4v) is 5.78. The molecule has 2 aromatic rings. The van der Waals surface area contributed by atoms with Crippen molar-refractivity contribution < 1.29 is 19.1 Å². The van der Waals surface area contributed by atoms with Gasteiger partial charge < -0.3 is 9.64 Å². The number of nitrogens with one attached hydrogen (secondary N) is 1. The number of aromatic nitrogens is 2. The molecule has 3 amide bonds. The Labute approximate surface area is 197 Å². The largest absolute Gasteiger partial charge is 0.489 e. The highest BCUT2D eigenvalue weighted by molar-refractivity contribution is 6.05. The topological polar surface area (TPSA) is 105 Å². The number of ether oxygens (including phenoxy) is 1. The third-order valence-electron chi connectivity index (χ3n) is 7.63. The van der Waals surface area contributed by atoms with E-state index in [0.29, 0.717) is 30.5 Å². The van der Waals surface area contributed by atoms with Gasteiger partial charge in [0.2, 0.25) is 11.8 Å². The highest BCUT2D eigenvalue weighted by Crippen LogP contribution is 2.37. The molecule has 4 heterocycles. The zero-order valence-corrected chi connectivity index (χ0v) is 18.9. The van der Waals surface area contributed by atoms with Crippen LogP contribution in [-0.2, 0) is 16.1 Å². The van der Waals surface area contributed by atoms with Gasteiger partial charge in [0.25, 0.3) is 5.91 Å². The number of amides is 3. The van der Waals surface area contributed by atoms with Gasteiger partial charge in [0.05, 0.1) is 0 Å². The van der Waals surface area contributed by atoms with Crippen LogP contribution in [0.4, 0.5) is 0 Å². The molecule has 9 nitrogen and oxygen atoms in total. The van der Waals surface area contributed by atoms with Gasteiger partial charge in [0.1, 0.15) is 24.2 Å². The first-order chi connectivity index (χ1) is 16.6. The number of fused-ring (bicyclic) bond motifs is 1. The van der Waals surface area contributed by atoms with Crippen LogP contribution in [-0.4, -0.2) is 68.8 Å². The van der Waals surface area contributed by atoms with Gasteiger partial charge in [-0.25, -0.2) is 9.97 Å². The normalized spacial score (nSPS) is 27.5. The molecule has 0 spiro atoms. The number of carbonyl (C=O) groups excluding carboxylic acids is 3. The highest BCUT2D eigenvalue weighted by Gasteiger charge is 2.42. The molecule has 1 aromatic heterocycles. The maximum absolute atomic E-state index is 12.9. The highest BCUT2D eigenvalue weighted by atomic mass is 16.5. The van der Waals surface area contributed by atoms with E-state index in [1.165, 1.54) is 5.56 Å². The number of hydrogen-bond acceptors (Lipinski definition) is 7. The number of hydrogen-bond donors (Lipinski definition) is 1. The summed E-state index contributed by atoms with van der Waals surface area (Å²) in [6, 6.07) is 5.39. The van der Waals surface area contributed by atoms with Crippen molar-refractivity contribution in [1.82, 2.24) is 25.1 Å². The Balaban J connectivity index is 1.11. The minimum Gasteiger partial charge on any atom is -0.489 e. The van der Waals surface area contributed by atoms with Crippen LogP contribution >= 0.6 is 0 Å². The third kappa shape index (κ3) is 3.73. The van der Waals surface area contributed by atoms with Crippen LogP contribution < -0.4 is 10.1 Å². The lowest BCUT2D eigenvalue weighted by molar-refractivity contribution is -0.136. The van der Waals surface area contributed by atoms with Crippen LogP contribution in [0, 0.1) is 0 Å². The molecule has 3 aliphatic heterocycles. The second-order valence-corrected chi connectivity index (χ2v) is 9.70. The summed E-state index contributed by atoms with van der Waals surface area (Å²) in [6.45, 7) is 2.35. The summed E-state index contributed by atoms with van der Waals surface area (Å²) in [4.78, 5) is 49.0. The predicted octanol–water partition coefficient (Wildman–Crippen LogP) is 1.64. The van der Waals surface area contributed by atoms with Crippen molar-refractivity contribution in [3.63, 3.8) is 0 Å². The van der Waals surface area contributed by atoms with Crippen LogP contribution in [0.3, 0.4) is 0 Å². The third-order valence-corrected chi connectivity index (χ3v) is 7.63. The minimum atomic E-state index is -0.601. The summed E-state index contributed by atoms with van der Waals surface area (Å²) in [7, 11) is 0. The molecule has 0 radical (unpaired) electrons. The Bertz CT molecular complexity index is 1130. The van der Waals surface area contributed by atoms with E-state index in [4.69, 9.17) is 4.74 Å². The van der Waals surface area contributed by atoms with Gasteiger partial charge in [-0.05, 0) is 55.0 Å². The lowest BCUT2D eigenvalue weighted by atomic mass is 9.91. The molecule has 1 aliphatic carbocycles. The Morgan fingerprint density at radius 2 is 1.85 bits per heavy atom. The zero-order valence-electron chi connectivity index (χ0n) is 18.9. The van der Waals surface area contributed by atoms with E-state index in [9.17, 15) is 14.4 Å². The standard InChI is InChI=1S/C25H27N5O4/c31-23-7-6-21(24(32)28-23)30-13-15-8-18(4-5-19(15)25(30)33)34-22-3-1-2-20(22)29-11-17(12-29)16-9-26-14-27-10-16/h4-5,8-10,14,17,20-22H,1-3,6-7,11-13H2,(H,28,31,32)/t20-,21?,22?/m0/s1. The van der Waals surface area contributed by atoms with Crippen molar-refractivity contribution in [2.45, 2.75) is 62.8 Å². The van der Waals surface area contributed by atoms with Crippen LogP contribution in [0.2, 0.25) is 0 Å². The average Bonchev–Trinajstić information content (AvgIpc) is 3.38. The van der Waals surface area contributed by atoms with Crippen molar-refractivity contribution in [2.24, 2.45) is 0 Å². The molecule has 4 aliphatic rings. The number of nitrogens with zero attached hydrogens (tertiary/aromatic N) is 4. The maximum Gasteiger partial charge on any atom is 0.255 e. The summed E-state index contributed by atoms with van der Waals surface area (Å²) in [5.74, 6) is 0.413. The molecule has 9 heteroatoms. The lowest BCUT2D eigenvalue weighted by Gasteiger charge is -2.45. The SMILES string of the molecule is O=C1CCC(N2Cc3cc(OC4CCC[C@@H]4N4CC(c5cncnc5)C4)ccc3C2=O)C(=O)N1. The first-order valence-corrected chi connectivity index (χ1v) is 12.0. The van der Waals surface area contributed by atoms with E-state index < -0.39 is 11.9 Å². The molecule has 34 heavy (non-hydrogen) atoms. The molecule has 1 N–H and O–H groups in total. The number of carbonyl (C=O) groups is 3. The number of likely N-dealkylation sites (tertiary alicyclic amines) is 1. The minimum absolute atomic E-state index is 0.120. The van der Waals surface area contributed by atoms with Gasteiger partial charge in [-0.1, -0.05) is 0 Å². The number of benzene rings is 1. The van der Waals surface area contributed by atoms with Crippen LogP contribution in [0.5, 0.6) is 5.75 Å². The van der Waals surface area contributed by atoms with Gasteiger partial charge in [-0.2, -0.15) is 0 Å². The Morgan fingerprint density at radius 3 is 2.65 bits per heavy atom. The molecular weight excluding hydrogens is 434 g/mol. The molecule has 2 unspecified atom stereocenters. The van der Waals surface area contributed by atoms with E-state index in [1.807, 2.05) is 24.5 Å². The summed E-state index contributed by atoms with van der Waals surface area (Å²) >= 11 is 0. The first kappa shape index (κ1) is 21.2. The monoisotopic (exact) mass is 461 g/mol. The maximum atomic E-state index is 12.9. The van der Waals surface area contributed by atoms with Gasteiger partial charge in [0.15, 0.2) is 0 Å². The summed E-state index contributed by atoms with van der Waals surface area (Å²) in [5, 5.41) is 2.35. The van der Waals surface area contributed by atoms with Crippen molar-refractivity contribution in [3.8, 4) is 5.75 Å². The number of rotatable bonds is 5. The van der Waals surface area contributed by atoms with Crippen LogP contribution in [0.15, 0.2) is 36.9 Å². The van der Waals surface area contributed by atoms with Crippen LogP contribution in [0.25, 0.3) is 0 Å². The molecule has 1 aromatic carbocycles. The fourth-order valence-electron chi connectivity index (χ4n) is 5.78. The second kappa shape index (κ2) is 8.47. The quantitative estimate of drug-likeness (QED) is 0.675. The molecule has 3 fully saturated rings. The Hall–Kier alpha value is -3.33. The molecule has 176 valence electrons. The zero-order chi connectivity index (χ0) is 23.2. The Morgan fingerprint density at radius 1 is 1.03 bits per heavy atom. The number of imide groups is 1. The number of piperidine rings is 1. The molecule has 6 rings (SSSR count). The van der Waals surface area contributed by atoms with E-state index >= 15 is 0 Å². The summed E-state index contributed by atoms with van der Waals surface area (Å²) in [6.07, 6.45) is 9.38. The molecule has 2 saturated heterocycles. The van der Waals surface area contributed by atoms with E-state index in [-0.39, 0.29) is 24.3 Å². The fraction of sp³-hybridized carbons (Fsp3) is 0.480. The van der Waals surface area contributed by atoms with Gasteiger partial charge in [-0.15, -0.1) is 0 Å². The lowest BCUT2D eigenvalue weighted by Crippen LogP contribution is -2.54. The van der Waals surface area contributed by atoms with Crippen molar-refractivity contribution in [1.29, 1.82) is 0 Å². The van der Waals surface area contributed by atoms with Crippen LogP contribution in [0.1, 0.15) is 59.5 Å². The van der Waals surface area contributed by atoms with Crippen molar-refractivity contribution in [2.75, 3.05) is 13.1 Å². The molecule has 0 bridgehead atoms. The van der Waals surface area contributed by atoms with Gasteiger partial charge in [0, 0.05) is 56.0 Å². The average molecular weight is 462 g/mol. The van der Waals surface area contributed by atoms with E-state index in [1.54, 1.807) is 17.3 Å². The predicted molar refractivity (Wildman–Crippen MR) is 121 cm³/mol. The smallest absolute Gasteiger partial charge is 0.255 e. The molecule has 1 saturated carbocycles. The summed E-state index contributed by atoms with van der Waals surface area (Å²) < 4.78 is 6.44. The Kier molecular flexibility index (Phi) is 5.28. The second-order valence-electron chi connectivity index (χ2n) is 9.70. The first-order valence-electron chi connectivity index (χ1n) is 12.0. The van der Waals surface area contributed by atoms with Crippen molar-refractivity contribution in [3.05, 3.63) is 53.6 Å². The molecule has 3 atom stereocenters. The van der Waals surface area contributed by atoms with Gasteiger partial charge >= 0.3 is 0 Å². The van der Waals surface area contributed by atoms with E-state index in [0.717, 1.165) is 43.7 Å².